The molecule has 0 aliphatic carbocycles. The van der Waals surface area contributed by atoms with E-state index in [9.17, 15) is 13.2 Å². The average Bonchev–Trinajstić information content (AvgIpc) is 2.58. The molecular weight excluding hydrogens is 350 g/mol. The van der Waals surface area contributed by atoms with Crippen LogP contribution in [0.3, 0.4) is 0 Å². The molecule has 1 amide bonds. The first-order chi connectivity index (χ1) is 12.2. The lowest BCUT2D eigenvalue weighted by Crippen LogP contribution is -2.30. The van der Waals surface area contributed by atoms with Gasteiger partial charge in [0.2, 0.25) is 10.0 Å². The Bertz CT molecular complexity index is 879. The smallest absolute Gasteiger partial charge is 0.255 e. The Hall–Kier alpha value is -2.25. The minimum atomic E-state index is -3.53. The number of aromatic nitrogens is 1. The highest BCUT2D eigenvalue weighted by atomic mass is 32.2. The van der Waals surface area contributed by atoms with Gasteiger partial charge in [-0.15, -0.1) is 0 Å². The molecule has 1 heterocycles. The van der Waals surface area contributed by atoms with Crippen LogP contribution in [0.2, 0.25) is 0 Å². The molecule has 0 aliphatic rings. The van der Waals surface area contributed by atoms with Gasteiger partial charge in [-0.05, 0) is 56.7 Å². The summed E-state index contributed by atoms with van der Waals surface area (Å²) in [5.41, 5.74) is 3.65. The summed E-state index contributed by atoms with van der Waals surface area (Å²) in [4.78, 5) is 17.1. The number of aryl methyl sites for hydroxylation is 3. The molecule has 0 unspecified atom stereocenters. The number of nitrogens with zero attached hydrogens (tertiary/aromatic N) is 2. The summed E-state index contributed by atoms with van der Waals surface area (Å²) in [6.07, 6.45) is 0. The van der Waals surface area contributed by atoms with Gasteiger partial charge >= 0.3 is 0 Å². The van der Waals surface area contributed by atoms with Gasteiger partial charge in [-0.2, -0.15) is 4.31 Å². The topological polar surface area (TPSA) is 79.4 Å². The van der Waals surface area contributed by atoms with Crippen LogP contribution in [0.25, 0.3) is 0 Å². The van der Waals surface area contributed by atoms with Crippen molar-refractivity contribution >= 4 is 21.6 Å². The van der Waals surface area contributed by atoms with E-state index >= 15 is 0 Å². The molecule has 0 spiro atoms. The quantitative estimate of drug-likeness (QED) is 0.840. The van der Waals surface area contributed by atoms with Crippen molar-refractivity contribution in [3.05, 3.63) is 52.8 Å². The number of anilines is 1. The number of hydrogen-bond donors (Lipinski definition) is 1. The highest BCUT2D eigenvalue weighted by Crippen LogP contribution is 2.21. The highest BCUT2D eigenvalue weighted by Gasteiger charge is 2.21. The van der Waals surface area contributed by atoms with Crippen molar-refractivity contribution in [3.63, 3.8) is 0 Å². The molecule has 7 heteroatoms. The normalized spacial score (nSPS) is 11.6. The lowest BCUT2D eigenvalue weighted by atomic mass is 10.1. The first-order valence-electron chi connectivity index (χ1n) is 8.57. The van der Waals surface area contributed by atoms with E-state index in [1.165, 1.54) is 28.6 Å². The van der Waals surface area contributed by atoms with Gasteiger partial charge in [0.05, 0.1) is 16.3 Å². The lowest BCUT2D eigenvalue weighted by Gasteiger charge is -2.18. The van der Waals surface area contributed by atoms with Crippen molar-refractivity contribution in [3.8, 4) is 0 Å². The van der Waals surface area contributed by atoms with Crippen molar-refractivity contribution in [2.24, 2.45) is 0 Å². The summed E-state index contributed by atoms with van der Waals surface area (Å²) in [5.74, 6) is -0.298. The van der Waals surface area contributed by atoms with E-state index in [1.54, 1.807) is 13.8 Å². The lowest BCUT2D eigenvalue weighted by molar-refractivity contribution is 0.102. The second-order valence-corrected chi connectivity index (χ2v) is 8.05. The summed E-state index contributed by atoms with van der Waals surface area (Å²) in [7, 11) is -3.53. The number of benzene rings is 1. The predicted molar refractivity (Wildman–Crippen MR) is 103 cm³/mol. The third kappa shape index (κ3) is 4.11. The Morgan fingerprint density at radius 2 is 1.65 bits per heavy atom. The number of carbonyl (C=O) groups excluding carboxylic acids is 1. The Balaban J connectivity index is 2.25. The predicted octanol–water partition coefficient (Wildman–Crippen LogP) is 3.29. The van der Waals surface area contributed by atoms with Crippen LogP contribution in [-0.4, -0.2) is 36.7 Å². The number of sulfonamides is 1. The largest absolute Gasteiger partial charge is 0.320 e. The Kier molecular flexibility index (Phi) is 6.15. The molecule has 0 bridgehead atoms. The third-order valence-electron chi connectivity index (χ3n) is 4.22. The molecule has 140 valence electrons. The van der Waals surface area contributed by atoms with Crippen molar-refractivity contribution < 1.29 is 13.2 Å². The molecule has 1 aromatic carbocycles. The summed E-state index contributed by atoms with van der Waals surface area (Å²) < 4.78 is 26.4. The van der Waals surface area contributed by atoms with Crippen LogP contribution < -0.4 is 5.32 Å². The molecule has 0 radical (unpaired) electrons. The molecule has 0 atom stereocenters. The first kappa shape index (κ1) is 20.1. The minimum absolute atomic E-state index is 0.183. The molecule has 2 aromatic rings. The van der Waals surface area contributed by atoms with E-state index in [0.717, 1.165) is 17.0 Å². The molecule has 0 saturated carbocycles. The third-order valence-corrected chi connectivity index (χ3v) is 6.29. The number of amides is 1. The molecule has 1 N–H and O–H groups in total. The van der Waals surface area contributed by atoms with Crippen molar-refractivity contribution in [1.82, 2.24) is 9.29 Å². The second-order valence-electron chi connectivity index (χ2n) is 6.11. The van der Waals surface area contributed by atoms with E-state index in [0.29, 0.717) is 24.3 Å². The molecular formula is C19H25N3O3S. The van der Waals surface area contributed by atoms with Crippen molar-refractivity contribution in [2.75, 3.05) is 18.4 Å². The van der Waals surface area contributed by atoms with Crippen molar-refractivity contribution in [2.45, 2.75) is 39.5 Å². The zero-order valence-electron chi connectivity index (χ0n) is 15.8. The van der Waals surface area contributed by atoms with E-state index in [4.69, 9.17) is 0 Å². The van der Waals surface area contributed by atoms with E-state index < -0.39 is 10.0 Å². The summed E-state index contributed by atoms with van der Waals surface area (Å²) in [5, 5.41) is 2.86. The molecule has 0 fully saturated rings. The van der Waals surface area contributed by atoms with Crippen molar-refractivity contribution in [1.29, 1.82) is 0 Å². The fourth-order valence-corrected chi connectivity index (χ4v) is 4.35. The van der Waals surface area contributed by atoms with Crippen LogP contribution in [-0.2, 0) is 10.0 Å². The van der Waals surface area contributed by atoms with Crippen LogP contribution in [0, 0.1) is 20.8 Å². The van der Waals surface area contributed by atoms with E-state index in [2.05, 4.69) is 10.3 Å². The fourth-order valence-electron chi connectivity index (χ4n) is 2.89. The number of hydrogen-bond acceptors (Lipinski definition) is 4. The monoisotopic (exact) mass is 375 g/mol. The van der Waals surface area contributed by atoms with Gasteiger partial charge in [0.1, 0.15) is 0 Å². The van der Waals surface area contributed by atoms with E-state index in [1.807, 2.05) is 26.8 Å². The molecule has 0 aliphatic heterocycles. The van der Waals surface area contributed by atoms with Gasteiger partial charge in [-0.25, -0.2) is 8.42 Å². The molecule has 6 nitrogen and oxygen atoms in total. The molecule has 2 rings (SSSR count). The molecule has 0 saturated heterocycles. The van der Waals surface area contributed by atoms with E-state index in [-0.39, 0.29) is 10.8 Å². The molecule has 1 aromatic heterocycles. The Morgan fingerprint density at radius 1 is 1.08 bits per heavy atom. The SMILES string of the molecule is CCN(CC)S(=O)(=O)c1ccc(C(=O)Nc2c(C)cc(C)nc2C)cc1. The number of nitrogens with one attached hydrogen (secondary N) is 1. The van der Waals surface area contributed by atoms with Gasteiger partial charge in [0.25, 0.3) is 5.91 Å². The second kappa shape index (κ2) is 7.97. The number of rotatable bonds is 6. The van der Waals surface area contributed by atoms with Gasteiger partial charge in [-0.3, -0.25) is 9.78 Å². The number of carbonyl (C=O) groups is 1. The maximum absolute atomic E-state index is 12.5. The van der Waals surface area contributed by atoms with Crippen LogP contribution in [0.5, 0.6) is 0 Å². The zero-order chi connectivity index (χ0) is 19.5. The minimum Gasteiger partial charge on any atom is -0.320 e. The first-order valence-corrected chi connectivity index (χ1v) is 10.0. The fraction of sp³-hybridized carbons (Fsp3) is 0.368. The van der Waals surface area contributed by atoms with Gasteiger partial charge in [0, 0.05) is 24.3 Å². The van der Waals surface area contributed by atoms with Crippen LogP contribution in [0.4, 0.5) is 5.69 Å². The Morgan fingerprint density at radius 3 is 2.15 bits per heavy atom. The van der Waals surface area contributed by atoms with Crippen LogP contribution in [0.1, 0.15) is 41.2 Å². The van der Waals surface area contributed by atoms with Gasteiger partial charge < -0.3 is 5.32 Å². The maximum atomic E-state index is 12.5. The maximum Gasteiger partial charge on any atom is 0.255 e. The zero-order valence-corrected chi connectivity index (χ0v) is 16.6. The van der Waals surface area contributed by atoms with Crippen LogP contribution >= 0.6 is 0 Å². The van der Waals surface area contributed by atoms with Crippen LogP contribution in [0.15, 0.2) is 35.2 Å². The standard InChI is InChI=1S/C19H25N3O3S/c1-6-22(7-2)26(24,25)17-10-8-16(9-11-17)19(23)21-18-13(3)12-14(4)20-15(18)5/h8-12H,6-7H2,1-5H3,(H,21,23). The summed E-state index contributed by atoms with van der Waals surface area (Å²) >= 11 is 0. The van der Waals surface area contributed by atoms with Gasteiger partial charge in [0.15, 0.2) is 0 Å². The molecule has 26 heavy (non-hydrogen) atoms. The Labute approximate surface area is 155 Å². The summed E-state index contributed by atoms with van der Waals surface area (Å²) in [6.45, 7) is 10.1. The van der Waals surface area contributed by atoms with Gasteiger partial charge in [-0.1, -0.05) is 13.8 Å². The average molecular weight is 375 g/mol. The summed E-state index contributed by atoms with van der Waals surface area (Å²) in [6, 6.07) is 7.89. The number of pyridine rings is 1. The highest BCUT2D eigenvalue weighted by molar-refractivity contribution is 7.89.